The van der Waals surface area contributed by atoms with Gasteiger partial charge in [0.2, 0.25) is 0 Å². The largest absolute Gasteiger partial charge is 0.339 e. The van der Waals surface area contributed by atoms with Gasteiger partial charge in [-0.25, -0.2) is 0 Å². The number of aryl methyl sites for hydroxylation is 1. The molecule has 1 aromatic carbocycles. The highest BCUT2D eigenvalue weighted by atomic mass is 32.1. The van der Waals surface area contributed by atoms with Crippen molar-refractivity contribution in [2.75, 3.05) is 13.1 Å². The zero-order chi connectivity index (χ0) is 16.4. The van der Waals surface area contributed by atoms with E-state index in [9.17, 15) is 4.79 Å². The van der Waals surface area contributed by atoms with Crippen molar-refractivity contribution >= 4 is 17.2 Å². The Labute approximate surface area is 148 Å². The van der Waals surface area contributed by atoms with Crippen LogP contribution in [0.2, 0.25) is 0 Å². The number of fused-ring (bicyclic) bond motifs is 1. The van der Waals surface area contributed by atoms with Crippen LogP contribution < -0.4 is 0 Å². The first kappa shape index (κ1) is 15.9. The number of amides is 1. The third-order valence-electron chi connectivity index (χ3n) is 5.56. The lowest BCUT2D eigenvalue weighted by atomic mass is 9.89. The van der Waals surface area contributed by atoms with Gasteiger partial charge in [-0.15, -0.1) is 11.3 Å². The normalized spacial score (nSPS) is 18.4. The standard InChI is InChI=1S/C21H25NOS/c23-21(19-15-24-20-9-5-4-8-18(19)20)22-12-10-17(11-13-22)14-16-6-2-1-3-7-16/h1-3,6-7,15,17H,4-5,8-14H2. The second kappa shape index (κ2) is 7.10. The topological polar surface area (TPSA) is 20.3 Å². The minimum Gasteiger partial charge on any atom is -0.339 e. The predicted octanol–water partition coefficient (Wildman–Crippen LogP) is 4.72. The molecule has 1 amide bonds. The maximum atomic E-state index is 12.9. The Morgan fingerprint density at radius 2 is 1.83 bits per heavy atom. The summed E-state index contributed by atoms with van der Waals surface area (Å²) < 4.78 is 0. The fourth-order valence-corrected chi connectivity index (χ4v) is 5.25. The van der Waals surface area contributed by atoms with Gasteiger partial charge in [0.1, 0.15) is 0 Å². The molecule has 2 aliphatic rings. The molecule has 0 N–H and O–H groups in total. The first-order valence-electron chi connectivity index (χ1n) is 9.23. The van der Waals surface area contributed by atoms with E-state index in [4.69, 9.17) is 0 Å². The van der Waals surface area contributed by atoms with Crippen LogP contribution >= 0.6 is 11.3 Å². The van der Waals surface area contributed by atoms with Gasteiger partial charge in [0.25, 0.3) is 5.91 Å². The molecular weight excluding hydrogens is 314 g/mol. The molecule has 0 atom stereocenters. The lowest BCUT2D eigenvalue weighted by Gasteiger charge is -2.32. The molecule has 24 heavy (non-hydrogen) atoms. The van der Waals surface area contributed by atoms with Crippen molar-refractivity contribution in [1.82, 2.24) is 4.90 Å². The molecule has 1 fully saturated rings. The molecule has 3 heteroatoms. The van der Waals surface area contributed by atoms with E-state index in [1.165, 1.54) is 35.3 Å². The summed E-state index contributed by atoms with van der Waals surface area (Å²) in [5, 5.41) is 2.12. The summed E-state index contributed by atoms with van der Waals surface area (Å²) in [6, 6.07) is 10.7. The van der Waals surface area contributed by atoms with Gasteiger partial charge < -0.3 is 4.90 Å². The molecule has 126 valence electrons. The number of thiophene rings is 1. The first-order chi connectivity index (χ1) is 11.8. The van der Waals surface area contributed by atoms with Gasteiger partial charge >= 0.3 is 0 Å². The van der Waals surface area contributed by atoms with Gasteiger partial charge in [-0.05, 0) is 62.0 Å². The fourth-order valence-electron chi connectivity index (χ4n) is 4.13. The van der Waals surface area contributed by atoms with E-state index in [1.807, 2.05) is 0 Å². The van der Waals surface area contributed by atoms with E-state index < -0.39 is 0 Å². The molecule has 1 aromatic heterocycles. The zero-order valence-corrected chi connectivity index (χ0v) is 15.0. The highest BCUT2D eigenvalue weighted by molar-refractivity contribution is 7.10. The average molecular weight is 340 g/mol. The molecule has 1 aliphatic carbocycles. The SMILES string of the molecule is O=C(c1csc2c1CCCC2)N1CCC(Cc2ccccc2)CC1. The lowest BCUT2D eigenvalue weighted by Crippen LogP contribution is -2.39. The number of carbonyl (C=O) groups is 1. The van der Waals surface area contributed by atoms with Gasteiger partial charge in [-0.2, -0.15) is 0 Å². The molecule has 0 spiro atoms. The number of piperidine rings is 1. The van der Waals surface area contributed by atoms with Crippen molar-refractivity contribution in [2.45, 2.75) is 44.9 Å². The summed E-state index contributed by atoms with van der Waals surface area (Å²) in [5.41, 5.74) is 3.80. The summed E-state index contributed by atoms with van der Waals surface area (Å²) in [7, 11) is 0. The fraction of sp³-hybridized carbons (Fsp3) is 0.476. The van der Waals surface area contributed by atoms with E-state index in [-0.39, 0.29) is 5.91 Å². The monoisotopic (exact) mass is 339 g/mol. The van der Waals surface area contributed by atoms with E-state index in [0.717, 1.165) is 44.3 Å². The molecule has 0 unspecified atom stereocenters. The Morgan fingerprint density at radius 1 is 1.08 bits per heavy atom. The quantitative estimate of drug-likeness (QED) is 0.792. The molecule has 2 heterocycles. The number of hydrogen-bond donors (Lipinski definition) is 0. The van der Waals surface area contributed by atoms with Gasteiger partial charge in [0.05, 0.1) is 5.56 Å². The van der Waals surface area contributed by atoms with Crippen LogP contribution in [0.3, 0.4) is 0 Å². The predicted molar refractivity (Wildman–Crippen MR) is 99.7 cm³/mol. The second-order valence-electron chi connectivity index (χ2n) is 7.18. The van der Waals surface area contributed by atoms with E-state index in [2.05, 4.69) is 40.6 Å². The summed E-state index contributed by atoms with van der Waals surface area (Å²) in [6.45, 7) is 1.84. The molecule has 2 nitrogen and oxygen atoms in total. The number of rotatable bonds is 3. The maximum absolute atomic E-state index is 12.9. The van der Waals surface area contributed by atoms with Crippen molar-refractivity contribution in [1.29, 1.82) is 0 Å². The summed E-state index contributed by atoms with van der Waals surface area (Å²) in [4.78, 5) is 16.5. The third kappa shape index (κ3) is 3.27. The Morgan fingerprint density at radius 3 is 2.62 bits per heavy atom. The summed E-state index contributed by atoms with van der Waals surface area (Å²) in [5.74, 6) is 1.00. The third-order valence-corrected chi connectivity index (χ3v) is 6.65. The maximum Gasteiger partial charge on any atom is 0.254 e. The number of carbonyl (C=O) groups excluding carboxylic acids is 1. The Hall–Kier alpha value is -1.61. The van der Waals surface area contributed by atoms with E-state index >= 15 is 0 Å². The second-order valence-corrected chi connectivity index (χ2v) is 8.15. The number of hydrogen-bond acceptors (Lipinski definition) is 2. The van der Waals surface area contributed by atoms with Crippen LogP contribution in [0.1, 0.15) is 52.0 Å². The van der Waals surface area contributed by atoms with Crippen LogP contribution in [0, 0.1) is 5.92 Å². The number of nitrogens with zero attached hydrogens (tertiary/aromatic N) is 1. The lowest BCUT2D eigenvalue weighted by molar-refractivity contribution is 0.0690. The van der Waals surface area contributed by atoms with Gasteiger partial charge in [-0.3, -0.25) is 4.79 Å². The number of benzene rings is 1. The van der Waals surface area contributed by atoms with Crippen LogP contribution in [-0.2, 0) is 19.3 Å². The van der Waals surface area contributed by atoms with Crippen LogP contribution in [0.15, 0.2) is 35.7 Å². The highest BCUT2D eigenvalue weighted by Gasteiger charge is 2.27. The Balaban J connectivity index is 1.37. The van der Waals surface area contributed by atoms with Crippen LogP contribution in [0.4, 0.5) is 0 Å². The van der Waals surface area contributed by atoms with Crippen LogP contribution in [0.25, 0.3) is 0 Å². The smallest absolute Gasteiger partial charge is 0.254 e. The Bertz CT molecular complexity index is 698. The van der Waals surface area contributed by atoms with Gasteiger partial charge in [0, 0.05) is 23.3 Å². The Kier molecular flexibility index (Phi) is 4.70. The molecule has 2 aromatic rings. The van der Waals surface area contributed by atoms with Crippen molar-refractivity contribution in [3.63, 3.8) is 0 Å². The van der Waals surface area contributed by atoms with E-state index in [0.29, 0.717) is 5.92 Å². The average Bonchev–Trinajstić information content (AvgIpc) is 3.07. The zero-order valence-electron chi connectivity index (χ0n) is 14.2. The molecule has 0 saturated carbocycles. The van der Waals surface area contributed by atoms with E-state index in [1.54, 1.807) is 11.3 Å². The van der Waals surface area contributed by atoms with Crippen LogP contribution in [0.5, 0.6) is 0 Å². The van der Waals surface area contributed by atoms with Crippen molar-refractivity contribution in [3.8, 4) is 0 Å². The van der Waals surface area contributed by atoms with Crippen LogP contribution in [-0.4, -0.2) is 23.9 Å². The van der Waals surface area contributed by atoms with Crippen molar-refractivity contribution in [2.24, 2.45) is 5.92 Å². The molecular formula is C21H25NOS. The van der Waals surface area contributed by atoms with Gasteiger partial charge in [-0.1, -0.05) is 30.3 Å². The van der Waals surface area contributed by atoms with Crippen molar-refractivity contribution in [3.05, 3.63) is 57.3 Å². The highest BCUT2D eigenvalue weighted by Crippen LogP contribution is 2.32. The number of likely N-dealkylation sites (tertiary alicyclic amines) is 1. The molecule has 4 rings (SSSR count). The van der Waals surface area contributed by atoms with Gasteiger partial charge in [0.15, 0.2) is 0 Å². The minimum absolute atomic E-state index is 0.285. The molecule has 1 saturated heterocycles. The summed E-state index contributed by atoms with van der Waals surface area (Å²) >= 11 is 1.80. The summed E-state index contributed by atoms with van der Waals surface area (Å²) in [6.07, 6.45) is 8.21. The minimum atomic E-state index is 0.285. The molecule has 0 radical (unpaired) electrons. The van der Waals surface area contributed by atoms with Crippen molar-refractivity contribution < 1.29 is 4.79 Å². The molecule has 1 aliphatic heterocycles. The molecule has 0 bridgehead atoms. The first-order valence-corrected chi connectivity index (χ1v) is 10.1.